The summed E-state index contributed by atoms with van der Waals surface area (Å²) in [5, 5.41) is 23.1. The molecule has 3 amide bonds. The molecule has 1 aromatic carbocycles. The molecule has 13 heteroatoms. The molecule has 2 aromatic rings. The molecule has 1 fully saturated rings. The van der Waals surface area contributed by atoms with Crippen molar-refractivity contribution in [1.29, 1.82) is 0 Å². The lowest BCUT2D eigenvalue weighted by Crippen LogP contribution is -2.45. The summed E-state index contributed by atoms with van der Waals surface area (Å²) in [5.41, 5.74) is 1.07. The van der Waals surface area contributed by atoms with Gasteiger partial charge < -0.3 is 30.5 Å². The number of aliphatic carboxylic acids is 1. The van der Waals surface area contributed by atoms with Gasteiger partial charge in [0.25, 0.3) is 5.91 Å². The molecule has 0 spiro atoms. The number of aliphatic hydroxyl groups is 1. The number of aromatic nitrogens is 1. The molecule has 3 rings (SSSR count). The van der Waals surface area contributed by atoms with Crippen LogP contribution in [0.2, 0.25) is 0 Å². The highest BCUT2D eigenvalue weighted by Gasteiger charge is 2.34. The van der Waals surface area contributed by atoms with E-state index in [1.807, 2.05) is 0 Å². The number of carboxylic acid groups (broad SMARTS) is 1. The van der Waals surface area contributed by atoms with Crippen LogP contribution in [0.4, 0.5) is 23.7 Å². The second kappa shape index (κ2) is 13.2. The molecule has 0 saturated heterocycles. The van der Waals surface area contributed by atoms with E-state index in [0.29, 0.717) is 17.3 Å². The minimum Gasteiger partial charge on any atom is -0.479 e. The first-order valence-electron chi connectivity index (χ1n) is 13.2. The zero-order valence-corrected chi connectivity index (χ0v) is 23.1. The number of pyridine rings is 1. The van der Waals surface area contributed by atoms with Crippen molar-refractivity contribution < 1.29 is 42.5 Å². The number of carbonyl (C=O) groups excluding carboxylic acids is 2. The van der Waals surface area contributed by atoms with Crippen LogP contribution >= 0.6 is 0 Å². The molecule has 0 unspecified atom stereocenters. The fraction of sp³-hybridized carbons (Fsp3) is 0.500. The highest BCUT2D eigenvalue weighted by atomic mass is 19.4. The lowest BCUT2D eigenvalue weighted by atomic mass is 9.71. The summed E-state index contributed by atoms with van der Waals surface area (Å²) in [7, 11) is 0. The molecule has 1 heterocycles. The molecule has 1 saturated carbocycles. The van der Waals surface area contributed by atoms with E-state index < -0.39 is 42.7 Å². The SMILES string of the molecule is CC(C)(C)C1CCC(N(Cc2ccc(C(=O)NC[C@@H](O)C(=O)O)cn2)C(=O)Nc2ccc(OC(F)(F)F)cc2)CC1. The highest BCUT2D eigenvalue weighted by Crippen LogP contribution is 2.39. The number of nitrogens with one attached hydrogen (secondary N) is 2. The predicted octanol–water partition coefficient (Wildman–Crippen LogP) is 4.79. The number of halogens is 3. The Kier molecular flexibility index (Phi) is 10.2. The normalized spacial score (nSPS) is 18.2. The van der Waals surface area contributed by atoms with Crippen molar-refractivity contribution in [1.82, 2.24) is 15.2 Å². The molecular formula is C28H35F3N4O6. The maximum Gasteiger partial charge on any atom is 0.573 e. The van der Waals surface area contributed by atoms with Crippen LogP contribution in [0.25, 0.3) is 0 Å². The third-order valence-electron chi connectivity index (χ3n) is 7.12. The number of aliphatic hydroxyl groups excluding tert-OH is 1. The number of carboxylic acids is 1. The molecule has 1 aromatic heterocycles. The summed E-state index contributed by atoms with van der Waals surface area (Å²) in [6.07, 6.45) is -1.88. The first kappa shape index (κ1) is 31.7. The first-order valence-corrected chi connectivity index (χ1v) is 13.2. The Morgan fingerprint density at radius 2 is 1.68 bits per heavy atom. The highest BCUT2D eigenvalue weighted by molar-refractivity contribution is 5.94. The standard InChI is InChI=1S/C28H35F3N4O6/c1-27(2,3)18-5-10-21(11-6-18)35(26(40)34-19-8-12-22(13-9-19)41-28(29,30)31)16-20-7-4-17(14-32-20)24(37)33-15-23(36)25(38)39/h4,7-9,12-14,18,21,23,36H,5-6,10-11,15-16H2,1-3H3,(H,33,37)(H,34,40)(H,38,39)/t18?,21?,23-/m1/s1. The monoisotopic (exact) mass is 580 g/mol. The van der Waals surface area contributed by atoms with Crippen molar-refractivity contribution in [2.24, 2.45) is 11.3 Å². The number of benzene rings is 1. The maximum absolute atomic E-state index is 13.4. The van der Waals surface area contributed by atoms with Gasteiger partial charge in [0.15, 0.2) is 6.10 Å². The number of nitrogens with zero attached hydrogens (tertiary/aromatic N) is 2. The van der Waals surface area contributed by atoms with Crippen LogP contribution in [0.1, 0.15) is 62.5 Å². The molecule has 10 nitrogen and oxygen atoms in total. The molecule has 224 valence electrons. The molecule has 41 heavy (non-hydrogen) atoms. The lowest BCUT2D eigenvalue weighted by molar-refractivity contribution is -0.274. The van der Waals surface area contributed by atoms with Crippen molar-refractivity contribution >= 4 is 23.6 Å². The summed E-state index contributed by atoms with van der Waals surface area (Å²) in [6.45, 7) is 6.23. The fourth-order valence-corrected chi connectivity index (χ4v) is 4.76. The first-order chi connectivity index (χ1) is 19.1. The number of ether oxygens (including phenoxy) is 1. The third-order valence-corrected chi connectivity index (χ3v) is 7.12. The van der Waals surface area contributed by atoms with Crippen molar-refractivity contribution in [2.45, 2.75) is 71.5 Å². The predicted molar refractivity (Wildman–Crippen MR) is 143 cm³/mol. The Hall–Kier alpha value is -3.87. The van der Waals surface area contributed by atoms with Gasteiger partial charge in [-0.1, -0.05) is 20.8 Å². The van der Waals surface area contributed by atoms with Gasteiger partial charge in [0.1, 0.15) is 5.75 Å². The van der Waals surface area contributed by atoms with Crippen LogP contribution in [0.3, 0.4) is 0 Å². The van der Waals surface area contributed by atoms with Crippen molar-refractivity contribution in [2.75, 3.05) is 11.9 Å². The van der Waals surface area contributed by atoms with E-state index >= 15 is 0 Å². The number of alkyl halides is 3. The largest absolute Gasteiger partial charge is 0.573 e. The van der Waals surface area contributed by atoms with Crippen LogP contribution in [0.15, 0.2) is 42.6 Å². The van der Waals surface area contributed by atoms with Crippen LogP contribution in [-0.4, -0.2) is 63.1 Å². The van der Waals surface area contributed by atoms with Gasteiger partial charge in [0.2, 0.25) is 0 Å². The molecule has 0 aliphatic heterocycles. The number of hydrogen-bond acceptors (Lipinski definition) is 6. The summed E-state index contributed by atoms with van der Waals surface area (Å²) in [4.78, 5) is 42.4. The zero-order chi connectivity index (χ0) is 30.4. The van der Waals surface area contributed by atoms with Gasteiger partial charge >= 0.3 is 18.4 Å². The molecule has 0 bridgehead atoms. The van der Waals surface area contributed by atoms with E-state index in [9.17, 15) is 32.7 Å². The summed E-state index contributed by atoms with van der Waals surface area (Å²) in [6, 6.07) is 7.37. The van der Waals surface area contributed by atoms with Crippen LogP contribution in [0, 0.1) is 11.3 Å². The Balaban J connectivity index is 1.72. The Bertz CT molecular complexity index is 1190. The summed E-state index contributed by atoms with van der Waals surface area (Å²) >= 11 is 0. The molecule has 0 radical (unpaired) electrons. The van der Waals surface area contributed by atoms with Crippen LogP contribution in [-0.2, 0) is 11.3 Å². The molecule has 1 aliphatic carbocycles. The number of urea groups is 1. The minimum absolute atomic E-state index is 0.108. The van der Waals surface area contributed by atoms with E-state index in [4.69, 9.17) is 5.11 Å². The van der Waals surface area contributed by atoms with Crippen LogP contribution < -0.4 is 15.4 Å². The lowest BCUT2D eigenvalue weighted by Gasteiger charge is -2.41. The smallest absolute Gasteiger partial charge is 0.479 e. The van der Waals surface area contributed by atoms with Gasteiger partial charge in [-0.2, -0.15) is 0 Å². The van der Waals surface area contributed by atoms with Crippen molar-refractivity contribution in [3.63, 3.8) is 0 Å². The van der Waals surface area contributed by atoms with Gasteiger partial charge in [-0.15, -0.1) is 13.2 Å². The van der Waals surface area contributed by atoms with Crippen molar-refractivity contribution in [3.8, 4) is 5.75 Å². The van der Waals surface area contributed by atoms with Gasteiger partial charge in [-0.25, -0.2) is 9.59 Å². The molecule has 4 N–H and O–H groups in total. The molecule has 1 aliphatic rings. The van der Waals surface area contributed by atoms with Gasteiger partial charge in [-0.3, -0.25) is 9.78 Å². The number of carbonyl (C=O) groups is 3. The minimum atomic E-state index is -4.82. The van der Waals surface area contributed by atoms with Crippen LogP contribution in [0.5, 0.6) is 5.75 Å². The average molecular weight is 581 g/mol. The van der Waals surface area contributed by atoms with Gasteiger partial charge in [0.05, 0.1) is 24.3 Å². The molecular weight excluding hydrogens is 545 g/mol. The fourth-order valence-electron chi connectivity index (χ4n) is 4.76. The number of amides is 3. The van der Waals surface area contributed by atoms with E-state index in [1.165, 1.54) is 24.4 Å². The second-order valence-corrected chi connectivity index (χ2v) is 11.1. The third kappa shape index (κ3) is 9.62. The summed E-state index contributed by atoms with van der Waals surface area (Å²) < 4.78 is 41.3. The van der Waals surface area contributed by atoms with E-state index in [0.717, 1.165) is 37.8 Å². The van der Waals surface area contributed by atoms with Gasteiger partial charge in [-0.05, 0) is 73.4 Å². The number of hydrogen-bond donors (Lipinski definition) is 4. The Labute approximate surface area is 235 Å². The van der Waals surface area contributed by atoms with Gasteiger partial charge in [0, 0.05) is 17.9 Å². The van der Waals surface area contributed by atoms with E-state index in [-0.39, 0.29) is 23.6 Å². The second-order valence-electron chi connectivity index (χ2n) is 11.1. The average Bonchev–Trinajstić information content (AvgIpc) is 2.90. The Morgan fingerprint density at radius 3 is 2.20 bits per heavy atom. The van der Waals surface area contributed by atoms with Crippen molar-refractivity contribution in [3.05, 3.63) is 53.9 Å². The quantitative estimate of drug-likeness (QED) is 0.334. The Morgan fingerprint density at radius 1 is 1.05 bits per heavy atom. The van der Waals surface area contributed by atoms with E-state index in [1.54, 1.807) is 11.0 Å². The molecule has 1 atom stereocenters. The topological polar surface area (TPSA) is 141 Å². The van der Waals surface area contributed by atoms with E-state index in [2.05, 4.69) is 41.1 Å². The maximum atomic E-state index is 13.4. The zero-order valence-electron chi connectivity index (χ0n) is 23.1. The number of rotatable bonds is 9. The number of anilines is 1. The summed E-state index contributed by atoms with van der Waals surface area (Å²) in [5.74, 6) is -1.98.